The first kappa shape index (κ1) is 13.5. The Hall–Kier alpha value is -0.900. The molecule has 4 nitrogen and oxygen atoms in total. The number of amides is 1. The highest BCUT2D eigenvalue weighted by molar-refractivity contribution is 5.89. The van der Waals surface area contributed by atoms with Crippen molar-refractivity contribution in [3.8, 4) is 0 Å². The van der Waals surface area contributed by atoms with E-state index in [0.717, 1.165) is 32.2 Å². The Morgan fingerprint density at radius 3 is 2.39 bits per heavy atom. The van der Waals surface area contributed by atoms with Gasteiger partial charge in [0.2, 0.25) is 5.91 Å². The average molecular weight is 252 g/mol. The van der Waals surface area contributed by atoms with Gasteiger partial charge >= 0.3 is 0 Å². The summed E-state index contributed by atoms with van der Waals surface area (Å²) in [5.41, 5.74) is 0. The molecule has 0 saturated carbocycles. The minimum absolute atomic E-state index is 0.176. The molecule has 0 bridgehead atoms. The zero-order valence-corrected chi connectivity index (χ0v) is 11.1. The fourth-order valence-corrected chi connectivity index (χ4v) is 2.88. The summed E-state index contributed by atoms with van der Waals surface area (Å²) in [5, 5.41) is 3.23. The van der Waals surface area contributed by atoms with Gasteiger partial charge in [0.15, 0.2) is 5.78 Å². The second kappa shape index (κ2) is 6.88. The van der Waals surface area contributed by atoms with Gasteiger partial charge in [0, 0.05) is 32.5 Å². The van der Waals surface area contributed by atoms with E-state index in [1.165, 1.54) is 12.8 Å². The number of ketones is 1. The topological polar surface area (TPSA) is 49.4 Å². The standard InChI is InChI=1S/C14H24N2O2/c17-13-7-5-3-1-2-4-6-8-14(18)16-10-9-15-11-12(13)16/h12,15H,1-11H2. The van der Waals surface area contributed by atoms with Crippen LogP contribution in [0.5, 0.6) is 0 Å². The van der Waals surface area contributed by atoms with E-state index in [4.69, 9.17) is 0 Å². The summed E-state index contributed by atoms with van der Waals surface area (Å²) < 4.78 is 0. The van der Waals surface area contributed by atoms with Crippen LogP contribution in [0.2, 0.25) is 0 Å². The summed E-state index contributed by atoms with van der Waals surface area (Å²) in [6, 6.07) is -0.203. The lowest BCUT2D eigenvalue weighted by molar-refractivity contribution is -0.140. The smallest absolute Gasteiger partial charge is 0.223 e. The zero-order valence-electron chi connectivity index (χ0n) is 11.1. The molecule has 0 radical (unpaired) electrons. The van der Waals surface area contributed by atoms with Crippen LogP contribution >= 0.6 is 0 Å². The molecule has 1 atom stereocenters. The third-order valence-electron chi connectivity index (χ3n) is 4.00. The van der Waals surface area contributed by atoms with E-state index < -0.39 is 0 Å². The fourth-order valence-electron chi connectivity index (χ4n) is 2.88. The van der Waals surface area contributed by atoms with Gasteiger partial charge in [-0.05, 0) is 12.8 Å². The van der Waals surface area contributed by atoms with E-state index in [1.807, 2.05) is 4.90 Å². The van der Waals surface area contributed by atoms with Gasteiger partial charge in [-0.2, -0.15) is 0 Å². The zero-order chi connectivity index (χ0) is 12.8. The lowest BCUT2D eigenvalue weighted by atomic mass is 9.99. The van der Waals surface area contributed by atoms with Crippen molar-refractivity contribution >= 4 is 11.7 Å². The first-order valence-electron chi connectivity index (χ1n) is 7.32. The lowest BCUT2D eigenvalue weighted by Crippen LogP contribution is -2.56. The fraction of sp³-hybridized carbons (Fsp3) is 0.857. The van der Waals surface area contributed by atoms with Crippen LogP contribution in [0.25, 0.3) is 0 Å². The molecule has 18 heavy (non-hydrogen) atoms. The van der Waals surface area contributed by atoms with Crippen molar-refractivity contribution in [2.45, 2.75) is 57.4 Å². The van der Waals surface area contributed by atoms with Crippen molar-refractivity contribution < 1.29 is 9.59 Å². The van der Waals surface area contributed by atoms with E-state index in [2.05, 4.69) is 5.32 Å². The highest BCUT2D eigenvalue weighted by Gasteiger charge is 2.30. The van der Waals surface area contributed by atoms with E-state index in [9.17, 15) is 9.59 Å². The molecule has 0 aromatic heterocycles. The molecule has 2 aliphatic rings. The molecule has 2 aliphatic heterocycles. The lowest BCUT2D eigenvalue weighted by Gasteiger charge is -2.35. The summed E-state index contributed by atoms with van der Waals surface area (Å²) in [7, 11) is 0. The summed E-state index contributed by atoms with van der Waals surface area (Å²) in [6.45, 7) is 2.15. The van der Waals surface area contributed by atoms with Crippen LogP contribution < -0.4 is 5.32 Å². The normalized spacial score (nSPS) is 28.2. The molecule has 2 rings (SSSR count). The van der Waals surface area contributed by atoms with Gasteiger partial charge in [-0.25, -0.2) is 0 Å². The van der Waals surface area contributed by atoms with E-state index in [0.29, 0.717) is 25.9 Å². The van der Waals surface area contributed by atoms with E-state index in [1.54, 1.807) is 0 Å². The van der Waals surface area contributed by atoms with Gasteiger partial charge in [-0.3, -0.25) is 9.59 Å². The molecular formula is C14H24N2O2. The molecule has 0 aromatic carbocycles. The van der Waals surface area contributed by atoms with Crippen LogP contribution in [-0.4, -0.2) is 42.3 Å². The van der Waals surface area contributed by atoms with Crippen LogP contribution in [-0.2, 0) is 9.59 Å². The SMILES string of the molecule is O=C1CCCCCCCCC(=O)N2CCNCC12. The summed E-state index contributed by atoms with van der Waals surface area (Å²) in [4.78, 5) is 26.2. The number of Topliss-reactive ketones (excluding diaryl/α,β-unsaturated/α-hetero) is 1. The molecule has 0 spiro atoms. The van der Waals surface area contributed by atoms with Crippen LogP contribution in [0.1, 0.15) is 51.4 Å². The number of hydrogen-bond acceptors (Lipinski definition) is 3. The van der Waals surface area contributed by atoms with E-state index >= 15 is 0 Å². The Bertz CT molecular complexity index is 274. The van der Waals surface area contributed by atoms with Crippen LogP contribution in [0.3, 0.4) is 0 Å². The Labute approximate surface area is 109 Å². The highest BCUT2D eigenvalue weighted by atomic mass is 16.2. The first-order chi connectivity index (χ1) is 8.79. The number of fused-ring (bicyclic) bond motifs is 1. The monoisotopic (exact) mass is 252 g/mol. The second-order valence-electron chi connectivity index (χ2n) is 5.39. The number of carbonyl (C=O) groups excluding carboxylic acids is 2. The minimum Gasteiger partial charge on any atom is -0.330 e. The predicted octanol–water partition coefficient (Wildman–Crippen LogP) is 1.49. The largest absolute Gasteiger partial charge is 0.330 e. The van der Waals surface area contributed by atoms with Crippen molar-refractivity contribution in [2.75, 3.05) is 19.6 Å². The quantitative estimate of drug-likeness (QED) is 0.710. The molecule has 2 heterocycles. The van der Waals surface area contributed by atoms with Crippen molar-refractivity contribution in [2.24, 2.45) is 0 Å². The molecule has 1 N–H and O–H groups in total. The number of piperazine rings is 1. The second-order valence-corrected chi connectivity index (χ2v) is 5.39. The van der Waals surface area contributed by atoms with Gasteiger partial charge in [0.05, 0.1) is 0 Å². The maximum Gasteiger partial charge on any atom is 0.223 e. The van der Waals surface area contributed by atoms with Crippen molar-refractivity contribution in [3.63, 3.8) is 0 Å². The third-order valence-corrected chi connectivity index (χ3v) is 4.00. The molecule has 102 valence electrons. The number of hydrogen-bond donors (Lipinski definition) is 1. The van der Waals surface area contributed by atoms with Crippen molar-refractivity contribution in [3.05, 3.63) is 0 Å². The molecule has 2 fully saturated rings. The highest BCUT2D eigenvalue weighted by Crippen LogP contribution is 2.16. The molecule has 0 aliphatic carbocycles. The Kier molecular flexibility index (Phi) is 5.17. The Balaban J connectivity index is 2.02. The molecule has 0 aromatic rings. The third kappa shape index (κ3) is 3.55. The average Bonchev–Trinajstić information content (AvgIpc) is 2.40. The first-order valence-corrected chi connectivity index (χ1v) is 7.32. The van der Waals surface area contributed by atoms with Gasteiger partial charge in [0.1, 0.15) is 6.04 Å². The van der Waals surface area contributed by atoms with Crippen LogP contribution in [0, 0.1) is 0 Å². The van der Waals surface area contributed by atoms with Gasteiger partial charge in [-0.1, -0.05) is 25.7 Å². The summed E-state index contributed by atoms with van der Waals surface area (Å²) in [6.07, 6.45) is 7.91. The predicted molar refractivity (Wildman–Crippen MR) is 70.3 cm³/mol. The van der Waals surface area contributed by atoms with E-state index in [-0.39, 0.29) is 17.7 Å². The molecule has 4 heteroatoms. The number of carbonyl (C=O) groups is 2. The van der Waals surface area contributed by atoms with Gasteiger partial charge in [0.25, 0.3) is 0 Å². The number of rotatable bonds is 0. The number of nitrogens with zero attached hydrogens (tertiary/aromatic N) is 1. The minimum atomic E-state index is -0.203. The van der Waals surface area contributed by atoms with Crippen LogP contribution in [0.15, 0.2) is 0 Å². The molecular weight excluding hydrogens is 228 g/mol. The van der Waals surface area contributed by atoms with Gasteiger partial charge in [-0.15, -0.1) is 0 Å². The van der Waals surface area contributed by atoms with Crippen molar-refractivity contribution in [1.82, 2.24) is 10.2 Å². The number of nitrogens with one attached hydrogen (secondary N) is 1. The molecule has 1 unspecified atom stereocenters. The van der Waals surface area contributed by atoms with Crippen molar-refractivity contribution in [1.29, 1.82) is 0 Å². The Morgan fingerprint density at radius 2 is 1.61 bits per heavy atom. The summed E-state index contributed by atoms with van der Waals surface area (Å²) >= 11 is 0. The maximum absolute atomic E-state index is 12.2. The summed E-state index contributed by atoms with van der Waals surface area (Å²) in [5.74, 6) is 0.423. The molecule has 1 amide bonds. The maximum atomic E-state index is 12.2. The van der Waals surface area contributed by atoms with Gasteiger partial charge < -0.3 is 10.2 Å². The van der Waals surface area contributed by atoms with Crippen LogP contribution in [0.4, 0.5) is 0 Å². The Morgan fingerprint density at radius 1 is 0.944 bits per heavy atom. The molecule has 2 saturated heterocycles.